The Balaban J connectivity index is 1.45. The summed E-state index contributed by atoms with van der Waals surface area (Å²) < 4.78 is 12.6. The van der Waals surface area contributed by atoms with Crippen molar-refractivity contribution in [3.05, 3.63) is 62.6 Å². The monoisotopic (exact) mass is 437 g/mol. The third-order valence-corrected chi connectivity index (χ3v) is 7.18. The SMILES string of the molecule is Cc1c(C)c(C)c2c(c1C)CCC(C)(COc1ccc(C=C3SC(=O)NC3=O)cc1)O2. The highest BCUT2D eigenvalue weighted by Gasteiger charge is 2.35. The van der Waals surface area contributed by atoms with Crippen LogP contribution in [0.15, 0.2) is 29.2 Å². The Morgan fingerprint density at radius 1 is 1.06 bits per heavy atom. The van der Waals surface area contributed by atoms with Gasteiger partial charge in [-0.25, -0.2) is 0 Å². The number of benzene rings is 2. The Labute approximate surface area is 187 Å². The maximum Gasteiger partial charge on any atom is 0.290 e. The van der Waals surface area contributed by atoms with Crippen LogP contribution in [0.4, 0.5) is 4.79 Å². The Morgan fingerprint density at radius 2 is 1.74 bits per heavy atom. The molecule has 2 aromatic rings. The second kappa shape index (κ2) is 8.08. The molecule has 1 N–H and O–H groups in total. The molecular weight excluding hydrogens is 410 g/mol. The molecule has 6 heteroatoms. The number of nitrogens with one attached hydrogen (secondary N) is 1. The number of ether oxygens (including phenoxy) is 2. The van der Waals surface area contributed by atoms with Crippen LogP contribution in [-0.2, 0) is 11.2 Å². The van der Waals surface area contributed by atoms with E-state index in [-0.39, 0.29) is 11.1 Å². The second-order valence-electron chi connectivity index (χ2n) is 8.57. The molecule has 2 aliphatic rings. The van der Waals surface area contributed by atoms with Gasteiger partial charge in [0, 0.05) is 0 Å². The molecular formula is C25H27NO4S. The maximum atomic E-state index is 11.7. The summed E-state index contributed by atoms with van der Waals surface area (Å²) in [5, 5.41) is 1.92. The predicted molar refractivity (Wildman–Crippen MR) is 124 cm³/mol. The smallest absolute Gasteiger partial charge is 0.290 e. The summed E-state index contributed by atoms with van der Waals surface area (Å²) in [6.45, 7) is 11.2. The quantitative estimate of drug-likeness (QED) is 0.648. The van der Waals surface area contributed by atoms with E-state index in [1.165, 1.54) is 27.8 Å². The van der Waals surface area contributed by atoms with Crippen molar-refractivity contribution in [3.8, 4) is 11.5 Å². The molecule has 0 spiro atoms. The van der Waals surface area contributed by atoms with Crippen LogP contribution in [-0.4, -0.2) is 23.4 Å². The molecule has 162 valence electrons. The highest BCUT2D eigenvalue weighted by atomic mass is 32.2. The first-order valence-corrected chi connectivity index (χ1v) is 11.2. The van der Waals surface area contributed by atoms with E-state index >= 15 is 0 Å². The zero-order valence-corrected chi connectivity index (χ0v) is 19.4. The summed E-state index contributed by atoms with van der Waals surface area (Å²) in [6, 6.07) is 7.49. The number of imide groups is 1. The van der Waals surface area contributed by atoms with Gasteiger partial charge >= 0.3 is 0 Å². The Bertz CT molecular complexity index is 1100. The molecule has 1 saturated heterocycles. The minimum absolute atomic E-state index is 0.339. The molecule has 1 fully saturated rings. The Kier molecular flexibility index (Phi) is 5.60. The van der Waals surface area contributed by atoms with Gasteiger partial charge in [0.1, 0.15) is 23.7 Å². The standard InChI is InChI=1S/C25H27NO4S/c1-14-15(2)17(4)22-20(16(14)3)10-11-25(5,30-22)13-29-19-8-6-18(7-9-19)12-21-23(27)26-24(28)31-21/h6-9,12H,10-11,13H2,1-5H3,(H,26,27,28). The second-order valence-corrected chi connectivity index (χ2v) is 9.58. The Morgan fingerprint density at radius 3 is 2.39 bits per heavy atom. The average Bonchev–Trinajstić information content (AvgIpc) is 3.06. The first kappa shape index (κ1) is 21.5. The van der Waals surface area contributed by atoms with E-state index < -0.39 is 5.60 Å². The molecule has 0 saturated carbocycles. The molecule has 2 aliphatic heterocycles. The number of fused-ring (bicyclic) bond motifs is 1. The van der Waals surface area contributed by atoms with Crippen LogP contribution >= 0.6 is 11.8 Å². The molecule has 2 heterocycles. The van der Waals surface area contributed by atoms with Gasteiger partial charge in [0.15, 0.2) is 0 Å². The lowest BCUT2D eigenvalue weighted by molar-refractivity contribution is -0.115. The summed E-state index contributed by atoms with van der Waals surface area (Å²) >= 11 is 0.913. The van der Waals surface area contributed by atoms with E-state index in [0.717, 1.165) is 41.7 Å². The third kappa shape index (κ3) is 4.22. The molecule has 0 aromatic heterocycles. The van der Waals surface area contributed by atoms with Gasteiger partial charge in [-0.3, -0.25) is 14.9 Å². The van der Waals surface area contributed by atoms with Gasteiger partial charge in [-0.1, -0.05) is 12.1 Å². The summed E-state index contributed by atoms with van der Waals surface area (Å²) in [6.07, 6.45) is 3.58. The number of hydrogen-bond donors (Lipinski definition) is 1. The fraction of sp³-hybridized carbons (Fsp3) is 0.360. The van der Waals surface area contributed by atoms with Crippen molar-refractivity contribution < 1.29 is 19.1 Å². The average molecular weight is 438 g/mol. The van der Waals surface area contributed by atoms with Crippen LogP contribution in [0.25, 0.3) is 6.08 Å². The van der Waals surface area contributed by atoms with Gasteiger partial charge in [0.05, 0.1) is 4.91 Å². The zero-order valence-electron chi connectivity index (χ0n) is 18.5. The van der Waals surface area contributed by atoms with Crippen molar-refractivity contribution in [3.63, 3.8) is 0 Å². The van der Waals surface area contributed by atoms with Crippen LogP contribution in [0.3, 0.4) is 0 Å². The molecule has 2 aromatic carbocycles. The molecule has 1 atom stereocenters. The predicted octanol–water partition coefficient (Wildman–Crippen LogP) is 5.41. The summed E-state index contributed by atoms with van der Waals surface area (Å²) in [4.78, 5) is 23.4. The van der Waals surface area contributed by atoms with Crippen molar-refractivity contribution in [1.29, 1.82) is 0 Å². The number of rotatable bonds is 4. The molecule has 2 amide bonds. The van der Waals surface area contributed by atoms with Crippen molar-refractivity contribution in [2.24, 2.45) is 0 Å². The van der Waals surface area contributed by atoms with Gasteiger partial charge in [-0.05, 0) is 111 Å². The summed E-state index contributed by atoms with van der Waals surface area (Å²) in [7, 11) is 0. The largest absolute Gasteiger partial charge is 0.489 e. The highest BCUT2D eigenvalue weighted by molar-refractivity contribution is 8.18. The lowest BCUT2D eigenvalue weighted by Crippen LogP contribution is -2.42. The van der Waals surface area contributed by atoms with Crippen molar-refractivity contribution in [2.75, 3.05) is 6.61 Å². The lowest BCUT2D eigenvalue weighted by Gasteiger charge is -2.38. The summed E-state index contributed by atoms with van der Waals surface area (Å²) in [5.41, 5.74) is 6.96. The van der Waals surface area contributed by atoms with Crippen molar-refractivity contribution >= 4 is 29.0 Å². The van der Waals surface area contributed by atoms with Crippen LogP contribution in [0.5, 0.6) is 11.5 Å². The lowest BCUT2D eigenvalue weighted by atomic mass is 9.85. The number of amides is 2. The van der Waals surface area contributed by atoms with E-state index in [4.69, 9.17) is 9.47 Å². The van der Waals surface area contributed by atoms with Crippen molar-refractivity contribution in [1.82, 2.24) is 5.32 Å². The zero-order chi connectivity index (χ0) is 22.3. The fourth-order valence-corrected chi connectivity index (χ4v) is 4.73. The van der Waals surface area contributed by atoms with E-state index in [9.17, 15) is 9.59 Å². The molecule has 0 radical (unpaired) electrons. The van der Waals surface area contributed by atoms with Crippen LogP contribution in [0.2, 0.25) is 0 Å². The number of hydrogen-bond acceptors (Lipinski definition) is 5. The topological polar surface area (TPSA) is 64.6 Å². The number of carbonyl (C=O) groups is 2. The van der Waals surface area contributed by atoms with Gasteiger partial charge in [-0.15, -0.1) is 0 Å². The first-order valence-electron chi connectivity index (χ1n) is 10.4. The van der Waals surface area contributed by atoms with Gasteiger partial charge in [0.2, 0.25) is 0 Å². The van der Waals surface area contributed by atoms with Crippen LogP contribution in [0, 0.1) is 27.7 Å². The summed E-state index contributed by atoms with van der Waals surface area (Å²) in [5.74, 6) is 1.40. The van der Waals surface area contributed by atoms with Crippen LogP contribution in [0.1, 0.15) is 46.7 Å². The Hall–Kier alpha value is -2.73. The van der Waals surface area contributed by atoms with E-state index in [1.807, 2.05) is 24.3 Å². The van der Waals surface area contributed by atoms with Gasteiger partial charge in [0.25, 0.3) is 11.1 Å². The minimum Gasteiger partial charge on any atom is -0.489 e. The fourth-order valence-electron chi connectivity index (χ4n) is 4.05. The number of carbonyl (C=O) groups excluding carboxylic acids is 2. The van der Waals surface area contributed by atoms with Crippen molar-refractivity contribution in [2.45, 2.75) is 53.1 Å². The van der Waals surface area contributed by atoms with Crippen LogP contribution < -0.4 is 14.8 Å². The molecule has 4 rings (SSSR count). The normalized spacial score (nSPS) is 21.6. The van der Waals surface area contributed by atoms with Gasteiger partial charge < -0.3 is 9.47 Å². The molecule has 0 aliphatic carbocycles. The molecule has 0 bridgehead atoms. The van der Waals surface area contributed by atoms with E-state index in [2.05, 4.69) is 39.9 Å². The number of thioether (sulfide) groups is 1. The minimum atomic E-state index is -0.397. The third-order valence-electron chi connectivity index (χ3n) is 6.37. The molecule has 1 unspecified atom stereocenters. The van der Waals surface area contributed by atoms with E-state index in [0.29, 0.717) is 11.5 Å². The van der Waals surface area contributed by atoms with E-state index in [1.54, 1.807) is 6.08 Å². The first-order chi connectivity index (χ1) is 14.7. The maximum absolute atomic E-state index is 11.7. The van der Waals surface area contributed by atoms with Gasteiger partial charge in [-0.2, -0.15) is 0 Å². The molecule has 31 heavy (non-hydrogen) atoms. The molecule has 5 nitrogen and oxygen atoms in total. The highest BCUT2D eigenvalue weighted by Crippen LogP contribution is 2.41.